The Morgan fingerprint density at radius 1 is 1.00 bits per heavy atom. The molecule has 1 aromatic heterocycles. The van der Waals surface area contributed by atoms with Gasteiger partial charge in [0.2, 0.25) is 0 Å². The summed E-state index contributed by atoms with van der Waals surface area (Å²) < 4.78 is 0. The summed E-state index contributed by atoms with van der Waals surface area (Å²) in [5, 5.41) is 6.59. The highest BCUT2D eigenvalue weighted by Crippen LogP contribution is 2.17. The average Bonchev–Trinajstić information content (AvgIpc) is 2.63. The molecule has 25 heavy (non-hydrogen) atoms. The van der Waals surface area contributed by atoms with Crippen molar-refractivity contribution in [2.24, 2.45) is 0 Å². The van der Waals surface area contributed by atoms with Crippen LogP contribution in [0.5, 0.6) is 0 Å². The van der Waals surface area contributed by atoms with Gasteiger partial charge in [0.05, 0.1) is 12.4 Å². The summed E-state index contributed by atoms with van der Waals surface area (Å²) in [5.41, 5.74) is 3.33. The van der Waals surface area contributed by atoms with E-state index in [1.807, 2.05) is 43.3 Å². The van der Waals surface area contributed by atoms with Gasteiger partial charge in [-0.05, 0) is 36.8 Å². The van der Waals surface area contributed by atoms with Gasteiger partial charge in [-0.15, -0.1) is 0 Å². The number of hydrogen-bond donors (Lipinski definition) is 2. The van der Waals surface area contributed by atoms with Crippen LogP contribution in [-0.4, -0.2) is 15.9 Å². The Kier molecular flexibility index (Phi) is 5.26. The number of rotatable bonds is 5. The molecule has 0 atom stereocenters. The van der Waals surface area contributed by atoms with Crippen LogP contribution in [0.25, 0.3) is 0 Å². The van der Waals surface area contributed by atoms with Crippen molar-refractivity contribution in [3.05, 3.63) is 82.8 Å². The number of nitrogens with zero attached hydrogens (tertiary/aromatic N) is 2. The number of hydrogen-bond acceptors (Lipinski definition) is 4. The van der Waals surface area contributed by atoms with Gasteiger partial charge in [-0.25, -0.2) is 9.97 Å². The summed E-state index contributed by atoms with van der Waals surface area (Å²) in [7, 11) is 0. The molecule has 6 heteroatoms. The average molecular weight is 353 g/mol. The molecule has 1 amide bonds. The molecule has 0 spiro atoms. The Morgan fingerprint density at radius 3 is 2.36 bits per heavy atom. The molecule has 5 nitrogen and oxygen atoms in total. The molecule has 0 saturated carbocycles. The van der Waals surface area contributed by atoms with E-state index < -0.39 is 0 Å². The van der Waals surface area contributed by atoms with Gasteiger partial charge < -0.3 is 10.6 Å². The van der Waals surface area contributed by atoms with E-state index in [0.717, 1.165) is 11.3 Å². The summed E-state index contributed by atoms with van der Waals surface area (Å²) in [5.74, 6) is 0.295. The van der Waals surface area contributed by atoms with Gasteiger partial charge in [-0.1, -0.05) is 41.4 Å². The van der Waals surface area contributed by atoms with Gasteiger partial charge in [-0.3, -0.25) is 4.79 Å². The van der Waals surface area contributed by atoms with Crippen LogP contribution in [0, 0.1) is 6.92 Å². The van der Waals surface area contributed by atoms with E-state index in [9.17, 15) is 4.79 Å². The topological polar surface area (TPSA) is 66.9 Å². The predicted molar refractivity (Wildman–Crippen MR) is 99.1 cm³/mol. The second kappa shape index (κ2) is 7.77. The standard InChI is InChI=1S/C19H17ClN4O/c1-13-2-4-14(5-3-13)10-23-19(25)17-11-22-18(12-21-17)24-16-8-6-15(20)7-9-16/h2-9,11-12H,10H2,1H3,(H,22,24)(H,23,25). The zero-order valence-corrected chi connectivity index (χ0v) is 14.4. The molecule has 0 fully saturated rings. The first-order chi connectivity index (χ1) is 12.1. The van der Waals surface area contributed by atoms with Crippen LogP contribution >= 0.6 is 11.6 Å². The highest BCUT2D eigenvalue weighted by molar-refractivity contribution is 6.30. The Labute approximate surface area is 151 Å². The molecule has 1 heterocycles. The molecule has 0 aliphatic heterocycles. The minimum atomic E-state index is -0.258. The van der Waals surface area contributed by atoms with E-state index in [0.29, 0.717) is 17.4 Å². The van der Waals surface area contributed by atoms with Gasteiger partial charge >= 0.3 is 0 Å². The zero-order valence-electron chi connectivity index (χ0n) is 13.7. The summed E-state index contributed by atoms with van der Waals surface area (Å²) in [6, 6.07) is 15.2. The second-order valence-electron chi connectivity index (χ2n) is 5.59. The number of carbonyl (C=O) groups is 1. The molecular formula is C19H17ClN4O. The fourth-order valence-electron chi connectivity index (χ4n) is 2.17. The lowest BCUT2D eigenvalue weighted by Crippen LogP contribution is -2.24. The molecule has 0 aliphatic rings. The van der Waals surface area contributed by atoms with Gasteiger partial charge in [0.15, 0.2) is 0 Å². The molecule has 0 aliphatic carbocycles. The van der Waals surface area contributed by atoms with Gasteiger partial charge in [0, 0.05) is 17.3 Å². The quantitative estimate of drug-likeness (QED) is 0.725. The Morgan fingerprint density at radius 2 is 1.72 bits per heavy atom. The molecule has 126 valence electrons. The fraction of sp³-hybridized carbons (Fsp3) is 0.105. The number of carbonyl (C=O) groups excluding carboxylic acids is 1. The summed E-state index contributed by atoms with van der Waals surface area (Å²) in [6.45, 7) is 2.48. The molecule has 2 N–H and O–H groups in total. The maximum Gasteiger partial charge on any atom is 0.271 e. The van der Waals surface area contributed by atoms with Crippen molar-refractivity contribution in [3.63, 3.8) is 0 Å². The van der Waals surface area contributed by atoms with Crippen molar-refractivity contribution in [1.29, 1.82) is 0 Å². The lowest BCUT2D eigenvalue weighted by molar-refractivity contribution is 0.0945. The van der Waals surface area contributed by atoms with E-state index in [-0.39, 0.29) is 11.6 Å². The molecule has 0 saturated heterocycles. The lowest BCUT2D eigenvalue weighted by Gasteiger charge is -2.07. The van der Waals surface area contributed by atoms with E-state index in [1.165, 1.54) is 18.0 Å². The van der Waals surface area contributed by atoms with Gasteiger partial charge in [0.25, 0.3) is 5.91 Å². The molecule has 0 bridgehead atoms. The first-order valence-corrected chi connectivity index (χ1v) is 8.16. The van der Waals surface area contributed by atoms with E-state index in [2.05, 4.69) is 20.6 Å². The first-order valence-electron chi connectivity index (χ1n) is 7.78. The number of anilines is 2. The van der Waals surface area contributed by atoms with Crippen molar-refractivity contribution >= 4 is 29.0 Å². The zero-order chi connectivity index (χ0) is 17.6. The Balaban J connectivity index is 1.58. The number of amides is 1. The van der Waals surface area contributed by atoms with Crippen molar-refractivity contribution in [3.8, 4) is 0 Å². The number of aryl methyl sites for hydroxylation is 1. The highest BCUT2D eigenvalue weighted by atomic mass is 35.5. The number of benzene rings is 2. The van der Waals surface area contributed by atoms with E-state index in [4.69, 9.17) is 11.6 Å². The van der Waals surface area contributed by atoms with Crippen LogP contribution in [0.1, 0.15) is 21.6 Å². The fourth-order valence-corrected chi connectivity index (χ4v) is 2.30. The lowest BCUT2D eigenvalue weighted by atomic mass is 10.1. The summed E-state index contributed by atoms with van der Waals surface area (Å²) >= 11 is 5.85. The third-order valence-corrected chi connectivity index (χ3v) is 3.83. The third-order valence-electron chi connectivity index (χ3n) is 3.57. The van der Waals surface area contributed by atoms with Crippen LogP contribution < -0.4 is 10.6 Å². The Bertz CT molecular complexity index is 846. The van der Waals surface area contributed by atoms with Crippen LogP contribution in [-0.2, 0) is 6.54 Å². The SMILES string of the molecule is Cc1ccc(CNC(=O)c2cnc(Nc3ccc(Cl)cc3)cn2)cc1. The maximum absolute atomic E-state index is 12.1. The van der Waals surface area contributed by atoms with Crippen LogP contribution in [0.3, 0.4) is 0 Å². The van der Waals surface area contributed by atoms with E-state index in [1.54, 1.807) is 12.1 Å². The number of halogens is 1. The van der Waals surface area contributed by atoms with Crippen LogP contribution in [0.15, 0.2) is 60.9 Å². The highest BCUT2D eigenvalue weighted by Gasteiger charge is 2.08. The smallest absolute Gasteiger partial charge is 0.271 e. The van der Waals surface area contributed by atoms with Gasteiger partial charge in [0.1, 0.15) is 11.5 Å². The van der Waals surface area contributed by atoms with Crippen molar-refractivity contribution in [1.82, 2.24) is 15.3 Å². The van der Waals surface area contributed by atoms with Crippen molar-refractivity contribution in [2.45, 2.75) is 13.5 Å². The predicted octanol–water partition coefficient (Wildman–Crippen LogP) is 4.11. The minimum absolute atomic E-state index is 0.258. The number of nitrogens with one attached hydrogen (secondary N) is 2. The minimum Gasteiger partial charge on any atom is -0.347 e. The monoisotopic (exact) mass is 352 g/mol. The molecular weight excluding hydrogens is 336 g/mol. The second-order valence-corrected chi connectivity index (χ2v) is 6.02. The maximum atomic E-state index is 12.1. The van der Waals surface area contributed by atoms with Crippen molar-refractivity contribution in [2.75, 3.05) is 5.32 Å². The summed E-state index contributed by atoms with van der Waals surface area (Å²) in [4.78, 5) is 20.5. The Hall–Kier alpha value is -2.92. The van der Waals surface area contributed by atoms with Crippen LogP contribution in [0.4, 0.5) is 11.5 Å². The van der Waals surface area contributed by atoms with Gasteiger partial charge in [-0.2, -0.15) is 0 Å². The molecule has 2 aromatic carbocycles. The third kappa shape index (κ3) is 4.78. The molecule has 0 radical (unpaired) electrons. The number of aromatic nitrogens is 2. The first kappa shape index (κ1) is 16.9. The molecule has 0 unspecified atom stereocenters. The molecule has 3 aromatic rings. The summed E-state index contributed by atoms with van der Waals surface area (Å²) in [6.07, 6.45) is 2.97. The largest absolute Gasteiger partial charge is 0.347 e. The normalized spacial score (nSPS) is 10.3. The van der Waals surface area contributed by atoms with Crippen molar-refractivity contribution < 1.29 is 4.79 Å². The molecule has 3 rings (SSSR count). The van der Waals surface area contributed by atoms with E-state index >= 15 is 0 Å². The van der Waals surface area contributed by atoms with Crippen LogP contribution in [0.2, 0.25) is 5.02 Å².